The lowest BCUT2D eigenvalue weighted by Gasteiger charge is -2.11. The fourth-order valence-corrected chi connectivity index (χ4v) is 3.47. The summed E-state index contributed by atoms with van der Waals surface area (Å²) < 4.78 is 27.4. The maximum Gasteiger partial charge on any atom is 0.271 e. The van der Waals surface area contributed by atoms with Crippen molar-refractivity contribution in [3.8, 4) is 11.5 Å². The zero-order chi connectivity index (χ0) is 21.9. The van der Waals surface area contributed by atoms with Gasteiger partial charge in [-0.15, -0.1) is 10.2 Å². The van der Waals surface area contributed by atoms with Gasteiger partial charge >= 0.3 is 0 Å². The number of aromatic nitrogens is 1. The van der Waals surface area contributed by atoms with Gasteiger partial charge in [0.1, 0.15) is 16.3 Å². The van der Waals surface area contributed by atoms with E-state index in [-0.39, 0.29) is 28.8 Å². The average Bonchev–Trinajstić information content (AvgIpc) is 2.69. The Bertz CT molecular complexity index is 1260. The number of hydrogen-bond acceptors (Lipinski definition) is 10. The minimum absolute atomic E-state index is 0.0122. The van der Waals surface area contributed by atoms with Crippen LogP contribution in [0.15, 0.2) is 69.7 Å². The van der Waals surface area contributed by atoms with E-state index in [0.717, 1.165) is 12.1 Å². The number of aromatic hydroxyl groups is 2. The number of rotatable bonds is 6. The molecule has 5 N–H and O–H groups in total. The van der Waals surface area contributed by atoms with Gasteiger partial charge in [-0.25, -0.2) is 13.4 Å². The van der Waals surface area contributed by atoms with Gasteiger partial charge in [-0.1, -0.05) is 12.1 Å². The zero-order valence-corrected chi connectivity index (χ0v) is 15.8. The van der Waals surface area contributed by atoms with Crippen molar-refractivity contribution < 1.29 is 23.6 Å². The van der Waals surface area contributed by atoms with E-state index in [1.807, 2.05) is 0 Å². The number of phenols is 1. The number of nitrogen functional groups attached to an aromatic ring is 1. The number of anilines is 2. The highest BCUT2D eigenvalue weighted by atomic mass is 32.2. The van der Waals surface area contributed by atoms with Crippen molar-refractivity contribution in [2.75, 3.05) is 10.5 Å². The van der Waals surface area contributed by atoms with Crippen LogP contribution in [0.1, 0.15) is 0 Å². The topological polar surface area (TPSA) is 193 Å². The van der Waals surface area contributed by atoms with Crippen molar-refractivity contribution in [3.63, 3.8) is 0 Å². The minimum atomic E-state index is -4.30. The van der Waals surface area contributed by atoms with E-state index in [4.69, 9.17) is 5.73 Å². The van der Waals surface area contributed by atoms with Crippen LogP contribution in [-0.4, -0.2) is 28.5 Å². The molecule has 0 saturated carbocycles. The molecule has 2 aromatic carbocycles. The molecule has 154 valence electrons. The molecule has 0 atom stereocenters. The second-order valence-electron chi connectivity index (χ2n) is 5.81. The fourth-order valence-electron chi connectivity index (χ4n) is 2.31. The number of azo groups is 1. The highest BCUT2D eigenvalue weighted by molar-refractivity contribution is 7.92. The number of nitro benzene ring substituents is 1. The van der Waals surface area contributed by atoms with Gasteiger partial charge < -0.3 is 15.9 Å². The number of nitrogens with zero attached hydrogens (tertiary/aromatic N) is 4. The summed E-state index contributed by atoms with van der Waals surface area (Å²) in [6.07, 6.45) is 0. The largest absolute Gasteiger partial charge is 0.507 e. The number of hydrogen-bond donors (Lipinski definition) is 4. The number of phenolic OH excluding ortho intramolecular Hbond substituents is 1. The minimum Gasteiger partial charge on any atom is -0.507 e. The van der Waals surface area contributed by atoms with E-state index < -0.39 is 31.3 Å². The molecule has 0 radical (unpaired) electrons. The van der Waals surface area contributed by atoms with Crippen LogP contribution in [-0.2, 0) is 10.0 Å². The van der Waals surface area contributed by atoms with Gasteiger partial charge in [0.25, 0.3) is 15.7 Å². The average molecular weight is 430 g/mol. The molecule has 3 rings (SSSR count). The predicted octanol–water partition coefficient (Wildman–Crippen LogP) is 3.20. The molecule has 1 aromatic heterocycles. The van der Waals surface area contributed by atoms with Crippen LogP contribution in [0.4, 0.5) is 28.7 Å². The Morgan fingerprint density at radius 2 is 1.77 bits per heavy atom. The van der Waals surface area contributed by atoms with Gasteiger partial charge in [-0.3, -0.25) is 14.8 Å². The lowest BCUT2D eigenvalue weighted by molar-refractivity contribution is -0.384. The summed E-state index contributed by atoms with van der Waals surface area (Å²) in [5.74, 6) is -0.920. The third-order valence-corrected chi connectivity index (χ3v) is 5.15. The van der Waals surface area contributed by atoms with Crippen LogP contribution < -0.4 is 10.5 Å². The first-order valence-electron chi connectivity index (χ1n) is 8.14. The zero-order valence-electron chi connectivity index (χ0n) is 15.0. The molecular formula is C17H14N6O6S. The second kappa shape index (κ2) is 8.00. The van der Waals surface area contributed by atoms with Crippen LogP contribution in [0, 0.1) is 10.1 Å². The molecule has 0 spiro atoms. The first-order valence-corrected chi connectivity index (χ1v) is 9.62. The molecule has 3 aromatic rings. The molecule has 12 nitrogen and oxygen atoms in total. The highest BCUT2D eigenvalue weighted by Crippen LogP contribution is 2.34. The molecule has 0 aliphatic rings. The van der Waals surface area contributed by atoms with Gasteiger partial charge in [-0.2, -0.15) is 0 Å². The maximum absolute atomic E-state index is 12.6. The number of nitrogens with two attached hydrogens (primary N) is 1. The monoisotopic (exact) mass is 430 g/mol. The van der Waals surface area contributed by atoms with Crippen molar-refractivity contribution in [3.05, 3.63) is 64.7 Å². The highest BCUT2D eigenvalue weighted by Gasteiger charge is 2.21. The number of nitrogens with one attached hydrogen (secondary N) is 1. The third-order valence-electron chi connectivity index (χ3n) is 3.74. The van der Waals surface area contributed by atoms with Crippen molar-refractivity contribution >= 4 is 38.7 Å². The maximum atomic E-state index is 12.6. The number of sulfonamides is 1. The lowest BCUT2D eigenvalue weighted by Crippen LogP contribution is -2.13. The Hall–Kier alpha value is -4.26. The Kier molecular flexibility index (Phi) is 5.46. The van der Waals surface area contributed by atoms with E-state index >= 15 is 0 Å². The van der Waals surface area contributed by atoms with Gasteiger partial charge in [0.2, 0.25) is 0 Å². The molecule has 0 saturated heterocycles. The van der Waals surface area contributed by atoms with E-state index in [9.17, 15) is 28.7 Å². The second-order valence-corrected chi connectivity index (χ2v) is 7.46. The summed E-state index contributed by atoms with van der Waals surface area (Å²) in [6.45, 7) is 0. The van der Waals surface area contributed by atoms with E-state index in [1.54, 1.807) is 0 Å². The summed E-state index contributed by atoms with van der Waals surface area (Å²) in [6, 6.07) is 11.0. The molecular weight excluding hydrogens is 416 g/mol. The molecule has 0 amide bonds. The lowest BCUT2D eigenvalue weighted by atomic mass is 10.2. The van der Waals surface area contributed by atoms with E-state index in [1.165, 1.54) is 42.5 Å². The Labute approximate surface area is 169 Å². The Morgan fingerprint density at radius 1 is 1.03 bits per heavy atom. The van der Waals surface area contributed by atoms with Crippen molar-refractivity contribution in [1.29, 1.82) is 0 Å². The molecule has 0 bridgehead atoms. The summed E-state index contributed by atoms with van der Waals surface area (Å²) in [4.78, 5) is 13.7. The van der Waals surface area contributed by atoms with Crippen molar-refractivity contribution in [1.82, 2.24) is 4.98 Å². The Balaban J connectivity index is 2.02. The van der Waals surface area contributed by atoms with Gasteiger partial charge in [0.15, 0.2) is 17.4 Å². The standard InChI is InChI=1S/C17H14N6O6S/c18-17-14(25)7-8-16(19-17)21-20-11-6-5-10(23(26)27)9-12(11)22-30(28,29)15-4-2-1-3-13(15)24/h1-9,22,24-25H,(H2,18,19). The van der Waals surface area contributed by atoms with Gasteiger partial charge in [0, 0.05) is 12.1 Å². The fraction of sp³-hybridized carbons (Fsp3) is 0. The molecule has 30 heavy (non-hydrogen) atoms. The SMILES string of the molecule is Nc1nc(N=Nc2ccc([N+](=O)[O-])cc2NS(=O)(=O)c2ccccc2O)ccc1O. The van der Waals surface area contributed by atoms with E-state index in [2.05, 4.69) is 19.9 Å². The summed E-state index contributed by atoms with van der Waals surface area (Å²) in [7, 11) is -4.30. The van der Waals surface area contributed by atoms with E-state index in [0.29, 0.717) is 0 Å². The molecule has 0 fully saturated rings. The van der Waals surface area contributed by atoms with Crippen LogP contribution >= 0.6 is 0 Å². The molecule has 13 heteroatoms. The normalized spacial score (nSPS) is 11.5. The number of benzene rings is 2. The summed E-state index contributed by atoms with van der Waals surface area (Å²) >= 11 is 0. The molecule has 0 aliphatic heterocycles. The van der Waals surface area contributed by atoms with Gasteiger partial charge in [0.05, 0.1) is 10.6 Å². The number of para-hydroxylation sites is 1. The van der Waals surface area contributed by atoms with Crippen molar-refractivity contribution in [2.45, 2.75) is 4.90 Å². The molecule has 0 aliphatic carbocycles. The quantitative estimate of drug-likeness (QED) is 0.260. The number of pyridine rings is 1. The first-order chi connectivity index (χ1) is 14.2. The smallest absolute Gasteiger partial charge is 0.271 e. The Morgan fingerprint density at radius 3 is 2.43 bits per heavy atom. The first kappa shape index (κ1) is 20.5. The van der Waals surface area contributed by atoms with Crippen LogP contribution in [0.25, 0.3) is 0 Å². The summed E-state index contributed by atoms with van der Waals surface area (Å²) in [5, 5.41) is 38.0. The molecule has 1 heterocycles. The molecule has 0 unspecified atom stereocenters. The summed E-state index contributed by atoms with van der Waals surface area (Å²) in [5.41, 5.74) is 4.78. The number of nitro groups is 1. The van der Waals surface area contributed by atoms with Crippen LogP contribution in [0.5, 0.6) is 11.5 Å². The van der Waals surface area contributed by atoms with Crippen molar-refractivity contribution in [2.24, 2.45) is 10.2 Å². The van der Waals surface area contributed by atoms with Crippen LogP contribution in [0.2, 0.25) is 0 Å². The number of non-ortho nitro benzene ring substituents is 1. The third kappa shape index (κ3) is 4.41. The van der Waals surface area contributed by atoms with Crippen LogP contribution in [0.3, 0.4) is 0 Å². The predicted molar refractivity (Wildman–Crippen MR) is 107 cm³/mol. The van der Waals surface area contributed by atoms with Gasteiger partial charge in [-0.05, 0) is 30.3 Å².